The Hall–Kier alpha value is -1.83. The van der Waals surface area contributed by atoms with Crippen molar-refractivity contribution in [2.75, 3.05) is 18.4 Å². The average molecular weight is 417 g/mol. The first-order chi connectivity index (χ1) is 13.4. The molecular weight excluding hydrogens is 392 g/mol. The smallest absolute Gasteiger partial charge is 0.243 e. The molecule has 2 aliphatic rings. The summed E-state index contributed by atoms with van der Waals surface area (Å²) < 4.78 is 27.8. The fraction of sp³-hybridized carbons (Fsp3) is 0.381. The maximum atomic E-state index is 13.1. The van der Waals surface area contributed by atoms with Crippen LogP contribution in [0.3, 0.4) is 0 Å². The molecule has 28 heavy (non-hydrogen) atoms. The number of rotatable bonds is 4. The largest absolute Gasteiger partial charge is 0.324 e. The van der Waals surface area contributed by atoms with Crippen LogP contribution in [-0.4, -0.2) is 37.0 Å². The Morgan fingerprint density at radius 3 is 2.54 bits per heavy atom. The molecule has 1 N–H and O–H groups in total. The van der Waals surface area contributed by atoms with Gasteiger partial charge in [0.1, 0.15) is 0 Å². The van der Waals surface area contributed by atoms with Crippen LogP contribution in [0.5, 0.6) is 0 Å². The van der Waals surface area contributed by atoms with Gasteiger partial charge in [-0.25, -0.2) is 8.42 Å². The number of piperidine rings is 1. The van der Waals surface area contributed by atoms with E-state index in [1.807, 2.05) is 25.1 Å². The van der Waals surface area contributed by atoms with E-state index in [-0.39, 0.29) is 16.1 Å². The van der Waals surface area contributed by atoms with Crippen molar-refractivity contribution in [2.24, 2.45) is 5.92 Å². The van der Waals surface area contributed by atoms with E-state index >= 15 is 0 Å². The second-order valence-electron chi connectivity index (χ2n) is 7.44. The minimum Gasteiger partial charge on any atom is -0.324 e. The number of fused-ring (bicyclic) bond motifs is 1. The zero-order valence-electron chi connectivity index (χ0n) is 15.8. The Balaban J connectivity index is 1.45. The predicted octanol–water partition coefficient (Wildman–Crippen LogP) is 3.76. The Morgan fingerprint density at radius 2 is 1.82 bits per heavy atom. The second kappa shape index (κ2) is 7.89. The van der Waals surface area contributed by atoms with Crippen LogP contribution in [0.25, 0.3) is 0 Å². The number of sulfonamides is 1. The summed E-state index contributed by atoms with van der Waals surface area (Å²) in [6.07, 6.45) is 2.72. The van der Waals surface area contributed by atoms with Gasteiger partial charge in [0, 0.05) is 18.0 Å². The topological polar surface area (TPSA) is 66.5 Å². The van der Waals surface area contributed by atoms with Crippen LogP contribution >= 0.6 is 11.8 Å². The summed E-state index contributed by atoms with van der Waals surface area (Å²) in [4.78, 5) is 13.1. The third-order valence-electron chi connectivity index (χ3n) is 5.46. The number of hydrogen-bond acceptors (Lipinski definition) is 4. The van der Waals surface area contributed by atoms with Crippen molar-refractivity contribution in [3.8, 4) is 0 Å². The SMILES string of the molecule is CC1Sc2ccc(S(=O)(=O)N3CCC(Cc4ccccc4)CC3)cc2NC1=O. The van der Waals surface area contributed by atoms with Gasteiger partial charge >= 0.3 is 0 Å². The summed E-state index contributed by atoms with van der Waals surface area (Å²) in [7, 11) is -3.55. The zero-order valence-corrected chi connectivity index (χ0v) is 17.4. The van der Waals surface area contributed by atoms with Crippen LogP contribution in [0.4, 0.5) is 5.69 Å². The van der Waals surface area contributed by atoms with Gasteiger partial charge in [0.15, 0.2) is 0 Å². The fourth-order valence-corrected chi connectivity index (χ4v) is 6.23. The Kier molecular flexibility index (Phi) is 5.49. The van der Waals surface area contributed by atoms with E-state index in [9.17, 15) is 13.2 Å². The predicted molar refractivity (Wildman–Crippen MR) is 112 cm³/mol. The van der Waals surface area contributed by atoms with E-state index in [1.54, 1.807) is 22.5 Å². The quantitative estimate of drug-likeness (QED) is 0.824. The standard InChI is InChI=1S/C21H24N2O3S2/c1-15-21(24)22-19-14-18(7-8-20(19)27-15)28(25,26)23-11-9-17(10-12-23)13-16-5-3-2-4-6-16/h2-8,14-15,17H,9-13H2,1H3,(H,22,24). The lowest BCUT2D eigenvalue weighted by Crippen LogP contribution is -2.39. The van der Waals surface area contributed by atoms with Crippen molar-refractivity contribution in [3.05, 3.63) is 54.1 Å². The normalized spacial score (nSPS) is 21.2. The molecule has 0 saturated carbocycles. The van der Waals surface area contributed by atoms with Crippen molar-refractivity contribution in [3.63, 3.8) is 0 Å². The number of benzene rings is 2. The van der Waals surface area contributed by atoms with Crippen molar-refractivity contribution in [1.82, 2.24) is 4.31 Å². The molecule has 1 amide bonds. The molecule has 1 atom stereocenters. The molecule has 0 bridgehead atoms. The van der Waals surface area contributed by atoms with Crippen LogP contribution < -0.4 is 5.32 Å². The summed E-state index contributed by atoms with van der Waals surface area (Å²) in [6, 6.07) is 15.4. The molecule has 1 saturated heterocycles. The molecule has 1 unspecified atom stereocenters. The van der Waals surface area contributed by atoms with Crippen molar-refractivity contribution < 1.29 is 13.2 Å². The number of nitrogens with zero attached hydrogens (tertiary/aromatic N) is 1. The number of carbonyl (C=O) groups excluding carboxylic acids is 1. The lowest BCUT2D eigenvalue weighted by molar-refractivity contribution is -0.115. The lowest BCUT2D eigenvalue weighted by Gasteiger charge is -2.31. The van der Waals surface area contributed by atoms with Crippen molar-refractivity contribution >= 4 is 33.4 Å². The van der Waals surface area contributed by atoms with Gasteiger partial charge in [0.2, 0.25) is 15.9 Å². The van der Waals surface area contributed by atoms with E-state index in [4.69, 9.17) is 0 Å². The first-order valence-corrected chi connectivity index (χ1v) is 11.9. The van der Waals surface area contributed by atoms with E-state index in [0.717, 1.165) is 24.2 Å². The molecule has 2 aliphatic heterocycles. The van der Waals surface area contributed by atoms with E-state index < -0.39 is 10.0 Å². The zero-order chi connectivity index (χ0) is 19.7. The van der Waals surface area contributed by atoms with Gasteiger partial charge in [-0.1, -0.05) is 30.3 Å². The molecule has 0 radical (unpaired) electrons. The Bertz CT molecular complexity index is 968. The van der Waals surface area contributed by atoms with Gasteiger partial charge in [-0.2, -0.15) is 4.31 Å². The van der Waals surface area contributed by atoms with Crippen molar-refractivity contribution in [2.45, 2.75) is 41.2 Å². The first-order valence-electron chi connectivity index (χ1n) is 9.59. The lowest BCUT2D eigenvalue weighted by atomic mass is 9.91. The minimum atomic E-state index is -3.55. The summed E-state index contributed by atoms with van der Waals surface area (Å²) in [5, 5.41) is 2.65. The van der Waals surface area contributed by atoms with E-state index in [1.165, 1.54) is 17.3 Å². The van der Waals surface area contributed by atoms with Gasteiger partial charge in [0.25, 0.3) is 0 Å². The molecule has 0 aromatic heterocycles. The number of hydrogen-bond donors (Lipinski definition) is 1. The maximum Gasteiger partial charge on any atom is 0.243 e. The number of amides is 1. The highest BCUT2D eigenvalue weighted by Crippen LogP contribution is 2.37. The van der Waals surface area contributed by atoms with Gasteiger partial charge in [-0.15, -0.1) is 11.8 Å². The highest BCUT2D eigenvalue weighted by molar-refractivity contribution is 8.01. The molecule has 2 heterocycles. The molecule has 1 fully saturated rings. The van der Waals surface area contributed by atoms with Gasteiger partial charge in [-0.3, -0.25) is 4.79 Å². The Morgan fingerprint density at radius 1 is 1.11 bits per heavy atom. The molecule has 5 nitrogen and oxygen atoms in total. The molecule has 2 aromatic carbocycles. The molecule has 148 valence electrons. The van der Waals surface area contributed by atoms with Crippen LogP contribution in [-0.2, 0) is 21.2 Å². The van der Waals surface area contributed by atoms with E-state index in [2.05, 4.69) is 17.4 Å². The second-order valence-corrected chi connectivity index (χ2v) is 10.8. The number of carbonyl (C=O) groups is 1. The summed E-state index contributed by atoms with van der Waals surface area (Å²) in [6.45, 7) is 2.91. The number of nitrogens with one attached hydrogen (secondary N) is 1. The highest BCUT2D eigenvalue weighted by Gasteiger charge is 2.31. The molecule has 7 heteroatoms. The third-order valence-corrected chi connectivity index (χ3v) is 8.53. The minimum absolute atomic E-state index is 0.0891. The van der Waals surface area contributed by atoms with Crippen LogP contribution in [0.1, 0.15) is 25.3 Å². The van der Waals surface area contributed by atoms with Crippen molar-refractivity contribution in [1.29, 1.82) is 0 Å². The number of thioether (sulfide) groups is 1. The average Bonchev–Trinajstić information content (AvgIpc) is 2.70. The summed E-state index contributed by atoms with van der Waals surface area (Å²) >= 11 is 1.46. The van der Waals surface area contributed by atoms with Crippen LogP contribution in [0.15, 0.2) is 58.3 Å². The van der Waals surface area contributed by atoms with Gasteiger partial charge < -0.3 is 5.32 Å². The molecule has 0 spiro atoms. The summed E-state index contributed by atoms with van der Waals surface area (Å²) in [5.74, 6) is 0.420. The van der Waals surface area contributed by atoms with E-state index in [0.29, 0.717) is 24.7 Å². The van der Waals surface area contributed by atoms with Gasteiger partial charge in [0.05, 0.1) is 15.8 Å². The van der Waals surface area contributed by atoms with Crippen LogP contribution in [0.2, 0.25) is 0 Å². The first kappa shape index (κ1) is 19.5. The highest BCUT2D eigenvalue weighted by atomic mass is 32.2. The Labute approximate surface area is 170 Å². The molecular formula is C21H24N2O3S2. The maximum absolute atomic E-state index is 13.1. The fourth-order valence-electron chi connectivity index (χ4n) is 3.80. The number of anilines is 1. The monoisotopic (exact) mass is 416 g/mol. The molecule has 2 aromatic rings. The third kappa shape index (κ3) is 3.97. The van der Waals surface area contributed by atoms with Gasteiger partial charge in [-0.05, 0) is 55.9 Å². The van der Waals surface area contributed by atoms with Crippen LogP contribution in [0, 0.1) is 5.92 Å². The molecule has 4 rings (SSSR count). The summed E-state index contributed by atoms with van der Waals surface area (Å²) in [5.41, 5.74) is 1.90. The molecule has 0 aliphatic carbocycles.